The second-order valence-corrected chi connectivity index (χ2v) is 3.55. The molecular weight excluding hydrogens is 206 g/mol. The molecule has 0 saturated heterocycles. The van der Waals surface area contributed by atoms with Gasteiger partial charge in [0.1, 0.15) is 0 Å². The van der Waals surface area contributed by atoms with E-state index < -0.39 is 0 Å². The fraction of sp³-hybridized carbons (Fsp3) is 0.636. The maximum atomic E-state index is 11.7. The van der Waals surface area contributed by atoms with Gasteiger partial charge >= 0.3 is 0 Å². The Morgan fingerprint density at radius 1 is 1.50 bits per heavy atom. The van der Waals surface area contributed by atoms with Crippen molar-refractivity contribution in [2.24, 2.45) is 0 Å². The van der Waals surface area contributed by atoms with E-state index in [4.69, 9.17) is 5.11 Å². The van der Waals surface area contributed by atoms with Crippen LogP contribution in [0.15, 0.2) is 12.5 Å². The quantitative estimate of drug-likeness (QED) is 0.772. The smallest absolute Gasteiger partial charge is 0.224 e. The first kappa shape index (κ1) is 12.7. The summed E-state index contributed by atoms with van der Waals surface area (Å²) in [6, 6.07) is 0. The molecule has 0 saturated carbocycles. The summed E-state index contributed by atoms with van der Waals surface area (Å²) >= 11 is 0. The van der Waals surface area contributed by atoms with Gasteiger partial charge in [-0.15, -0.1) is 0 Å². The van der Waals surface area contributed by atoms with Gasteiger partial charge in [-0.3, -0.25) is 4.79 Å². The molecule has 1 rings (SSSR count). The summed E-state index contributed by atoms with van der Waals surface area (Å²) in [5, 5.41) is 9.02. The molecule has 0 fully saturated rings. The number of hydrogen-bond donors (Lipinski definition) is 1. The molecule has 1 heterocycles. The highest BCUT2D eigenvalue weighted by atomic mass is 16.3. The van der Waals surface area contributed by atoms with Crippen LogP contribution >= 0.6 is 0 Å². The van der Waals surface area contributed by atoms with Gasteiger partial charge in [0.25, 0.3) is 0 Å². The predicted octanol–water partition coefficient (Wildman–Crippen LogP) is 0.634. The zero-order valence-corrected chi connectivity index (χ0v) is 9.89. The SMILES string of the molecule is CCN(CC)C(=O)CCn1cncc1CO. The van der Waals surface area contributed by atoms with E-state index in [1.165, 1.54) is 0 Å². The number of aromatic nitrogens is 2. The van der Waals surface area contributed by atoms with Crippen molar-refractivity contribution < 1.29 is 9.90 Å². The summed E-state index contributed by atoms with van der Waals surface area (Å²) in [6.07, 6.45) is 3.70. The molecule has 1 aromatic heterocycles. The van der Waals surface area contributed by atoms with Gasteiger partial charge in [0, 0.05) is 26.1 Å². The molecule has 1 N–H and O–H groups in total. The van der Waals surface area contributed by atoms with Gasteiger partial charge in [0.2, 0.25) is 5.91 Å². The molecule has 0 aromatic carbocycles. The van der Waals surface area contributed by atoms with Crippen LogP contribution in [0.4, 0.5) is 0 Å². The van der Waals surface area contributed by atoms with Crippen LogP contribution in [-0.2, 0) is 17.9 Å². The van der Waals surface area contributed by atoms with Crippen LogP contribution in [0.3, 0.4) is 0 Å². The number of aryl methyl sites for hydroxylation is 1. The van der Waals surface area contributed by atoms with Crippen molar-refractivity contribution in [1.29, 1.82) is 0 Å². The van der Waals surface area contributed by atoms with E-state index in [1.54, 1.807) is 22.0 Å². The molecule has 0 unspecified atom stereocenters. The van der Waals surface area contributed by atoms with Crippen molar-refractivity contribution in [2.75, 3.05) is 13.1 Å². The Balaban J connectivity index is 2.48. The van der Waals surface area contributed by atoms with Crippen molar-refractivity contribution in [1.82, 2.24) is 14.5 Å². The van der Waals surface area contributed by atoms with Crippen LogP contribution in [0, 0.1) is 0 Å². The molecule has 0 spiro atoms. The first-order valence-corrected chi connectivity index (χ1v) is 5.60. The highest BCUT2D eigenvalue weighted by molar-refractivity contribution is 5.76. The van der Waals surface area contributed by atoms with Crippen LogP contribution in [0.1, 0.15) is 26.0 Å². The lowest BCUT2D eigenvalue weighted by atomic mass is 10.3. The Morgan fingerprint density at radius 3 is 2.75 bits per heavy atom. The van der Waals surface area contributed by atoms with Gasteiger partial charge in [-0.05, 0) is 13.8 Å². The van der Waals surface area contributed by atoms with Crippen LogP contribution in [0.2, 0.25) is 0 Å². The Labute approximate surface area is 95.7 Å². The Bertz CT molecular complexity index is 332. The Hall–Kier alpha value is -1.36. The fourth-order valence-corrected chi connectivity index (χ4v) is 1.63. The molecule has 5 nitrogen and oxygen atoms in total. The number of nitrogens with zero attached hydrogens (tertiary/aromatic N) is 3. The summed E-state index contributed by atoms with van der Waals surface area (Å²) in [4.78, 5) is 17.5. The number of aliphatic hydroxyl groups is 1. The second-order valence-electron chi connectivity index (χ2n) is 3.55. The zero-order chi connectivity index (χ0) is 12.0. The van der Waals surface area contributed by atoms with E-state index in [-0.39, 0.29) is 12.5 Å². The molecule has 1 amide bonds. The molecule has 0 atom stereocenters. The van der Waals surface area contributed by atoms with Crippen molar-refractivity contribution >= 4 is 5.91 Å². The largest absolute Gasteiger partial charge is 0.390 e. The molecule has 90 valence electrons. The number of hydrogen-bond acceptors (Lipinski definition) is 3. The van der Waals surface area contributed by atoms with Gasteiger partial charge in [-0.25, -0.2) is 4.98 Å². The van der Waals surface area contributed by atoms with Gasteiger partial charge in [0.05, 0.1) is 24.8 Å². The molecule has 5 heteroatoms. The highest BCUT2D eigenvalue weighted by Gasteiger charge is 2.10. The number of carbonyl (C=O) groups is 1. The summed E-state index contributed by atoms with van der Waals surface area (Å²) in [7, 11) is 0. The molecule has 0 aliphatic carbocycles. The van der Waals surface area contributed by atoms with Gasteiger partial charge < -0.3 is 14.6 Å². The zero-order valence-electron chi connectivity index (χ0n) is 9.89. The molecule has 1 aromatic rings. The third-order valence-corrected chi connectivity index (χ3v) is 2.64. The van der Waals surface area contributed by atoms with Crippen LogP contribution in [0.5, 0.6) is 0 Å². The topological polar surface area (TPSA) is 58.4 Å². The van der Waals surface area contributed by atoms with Crippen LogP contribution < -0.4 is 0 Å². The molecule has 0 radical (unpaired) electrons. The van der Waals surface area contributed by atoms with Crippen molar-refractivity contribution in [2.45, 2.75) is 33.4 Å². The monoisotopic (exact) mass is 225 g/mol. The van der Waals surface area contributed by atoms with E-state index in [9.17, 15) is 4.79 Å². The minimum atomic E-state index is -0.0422. The molecule has 16 heavy (non-hydrogen) atoms. The van der Waals surface area contributed by atoms with Gasteiger partial charge in [0.15, 0.2) is 0 Å². The minimum Gasteiger partial charge on any atom is -0.390 e. The first-order chi connectivity index (χ1) is 7.72. The molecule has 0 aliphatic heterocycles. The molecule has 0 bridgehead atoms. The number of amides is 1. The van der Waals surface area contributed by atoms with E-state index in [0.717, 1.165) is 18.8 Å². The summed E-state index contributed by atoms with van der Waals surface area (Å²) in [5.41, 5.74) is 0.743. The number of rotatable bonds is 6. The van der Waals surface area contributed by atoms with Gasteiger partial charge in [-0.1, -0.05) is 0 Å². The number of aliphatic hydroxyl groups excluding tert-OH is 1. The van der Waals surface area contributed by atoms with Crippen molar-refractivity contribution in [3.8, 4) is 0 Å². The second kappa shape index (κ2) is 6.27. The van der Waals surface area contributed by atoms with Gasteiger partial charge in [-0.2, -0.15) is 0 Å². The molecule has 0 aliphatic rings. The van der Waals surface area contributed by atoms with E-state index >= 15 is 0 Å². The summed E-state index contributed by atoms with van der Waals surface area (Å²) in [6.45, 7) is 5.96. The molecular formula is C11H19N3O2. The normalized spacial score (nSPS) is 10.4. The lowest BCUT2D eigenvalue weighted by molar-refractivity contribution is -0.131. The maximum absolute atomic E-state index is 11.7. The Kier molecular flexibility index (Phi) is 4.98. The summed E-state index contributed by atoms with van der Waals surface area (Å²) < 4.78 is 1.81. The third-order valence-electron chi connectivity index (χ3n) is 2.64. The standard InChI is InChI=1S/C11H19N3O2/c1-3-13(4-2)11(16)5-6-14-9-12-7-10(14)8-15/h7,9,15H,3-6,8H2,1-2H3. The average Bonchev–Trinajstić information content (AvgIpc) is 2.75. The van der Waals surface area contributed by atoms with E-state index in [1.807, 2.05) is 13.8 Å². The summed E-state index contributed by atoms with van der Waals surface area (Å²) in [5.74, 6) is 0.141. The lowest BCUT2D eigenvalue weighted by Gasteiger charge is -2.18. The highest BCUT2D eigenvalue weighted by Crippen LogP contribution is 2.02. The lowest BCUT2D eigenvalue weighted by Crippen LogP contribution is -2.31. The van der Waals surface area contributed by atoms with E-state index in [0.29, 0.717) is 13.0 Å². The van der Waals surface area contributed by atoms with Crippen LogP contribution in [-0.4, -0.2) is 38.6 Å². The minimum absolute atomic E-state index is 0.0422. The maximum Gasteiger partial charge on any atom is 0.224 e. The number of imidazole rings is 1. The van der Waals surface area contributed by atoms with Crippen molar-refractivity contribution in [3.05, 3.63) is 18.2 Å². The third kappa shape index (κ3) is 3.06. The number of carbonyl (C=O) groups excluding carboxylic acids is 1. The fourth-order valence-electron chi connectivity index (χ4n) is 1.63. The van der Waals surface area contributed by atoms with Crippen molar-refractivity contribution in [3.63, 3.8) is 0 Å². The first-order valence-electron chi connectivity index (χ1n) is 5.60. The predicted molar refractivity (Wildman–Crippen MR) is 60.7 cm³/mol. The van der Waals surface area contributed by atoms with Crippen LogP contribution in [0.25, 0.3) is 0 Å². The van der Waals surface area contributed by atoms with E-state index in [2.05, 4.69) is 4.98 Å². The Morgan fingerprint density at radius 2 is 2.19 bits per heavy atom. The average molecular weight is 225 g/mol.